The Hall–Kier alpha value is -3.36. The number of para-hydroxylation sites is 3. The maximum Gasteiger partial charge on any atom is 0.145 e. The topological polar surface area (TPSA) is 15.6 Å². The van der Waals surface area contributed by atoms with Crippen molar-refractivity contribution in [2.75, 3.05) is 4.90 Å². The largest absolute Gasteiger partial charge is 0.295 e. The Kier molecular flexibility index (Phi) is 5.51. The predicted molar refractivity (Wildman–Crippen MR) is 119 cm³/mol. The minimum Gasteiger partial charge on any atom is -0.295 e. The Labute approximate surface area is 170 Å². The summed E-state index contributed by atoms with van der Waals surface area (Å²) in [5.74, 6) is 0.811. The molecule has 0 heterocycles. The van der Waals surface area contributed by atoms with Crippen molar-refractivity contribution in [2.45, 2.75) is 0 Å². The van der Waals surface area contributed by atoms with Gasteiger partial charge >= 0.3 is 0 Å². The fourth-order valence-electron chi connectivity index (χ4n) is 3.04. The lowest BCUT2D eigenvalue weighted by atomic mass is 10.1. The molecule has 2 nitrogen and oxygen atoms in total. The molecule has 0 fully saturated rings. The first-order valence-electron chi connectivity index (χ1n) is 9.12. The van der Waals surface area contributed by atoms with Crippen LogP contribution >= 0.6 is 11.6 Å². The fourth-order valence-corrected chi connectivity index (χ4v) is 3.21. The van der Waals surface area contributed by atoms with E-state index in [0.29, 0.717) is 5.02 Å². The summed E-state index contributed by atoms with van der Waals surface area (Å²) in [6, 6.07) is 38.3. The maximum atomic E-state index is 6.43. The third kappa shape index (κ3) is 3.98. The van der Waals surface area contributed by atoms with Gasteiger partial charge in [-0.1, -0.05) is 90.5 Å². The predicted octanol–water partition coefficient (Wildman–Crippen LogP) is 7.26. The van der Waals surface area contributed by atoms with E-state index in [0.717, 1.165) is 28.5 Å². The van der Waals surface area contributed by atoms with Crippen molar-refractivity contribution in [3.05, 3.63) is 126 Å². The van der Waals surface area contributed by atoms with Gasteiger partial charge in [0.05, 0.1) is 10.7 Å². The molecule has 4 aromatic rings. The summed E-state index contributed by atoms with van der Waals surface area (Å²) in [4.78, 5) is 7.14. The first kappa shape index (κ1) is 18.0. The van der Waals surface area contributed by atoms with Gasteiger partial charge < -0.3 is 0 Å². The van der Waals surface area contributed by atoms with Crippen LogP contribution in [0.3, 0.4) is 0 Å². The molecule has 28 heavy (non-hydrogen) atoms. The number of hydrogen-bond donors (Lipinski definition) is 0. The van der Waals surface area contributed by atoms with Gasteiger partial charge in [0.15, 0.2) is 0 Å². The molecular weight excluding hydrogens is 364 g/mol. The monoisotopic (exact) mass is 382 g/mol. The smallest absolute Gasteiger partial charge is 0.145 e. The highest BCUT2D eigenvalue weighted by Crippen LogP contribution is 2.31. The van der Waals surface area contributed by atoms with Gasteiger partial charge in [-0.15, -0.1) is 0 Å². The lowest BCUT2D eigenvalue weighted by Gasteiger charge is -2.27. The van der Waals surface area contributed by atoms with E-state index < -0.39 is 0 Å². The molecule has 0 aliphatic carbocycles. The molecule has 0 spiro atoms. The number of nitrogens with zero attached hydrogens (tertiary/aromatic N) is 2. The number of amidine groups is 1. The molecule has 0 aromatic heterocycles. The van der Waals surface area contributed by atoms with Crippen LogP contribution in [-0.4, -0.2) is 5.84 Å². The molecular formula is C25H19ClN2. The molecule has 4 aromatic carbocycles. The molecule has 0 N–H and O–H groups in total. The van der Waals surface area contributed by atoms with Gasteiger partial charge in [-0.3, -0.25) is 4.90 Å². The van der Waals surface area contributed by atoms with Crippen LogP contribution in [0, 0.1) is 0 Å². The van der Waals surface area contributed by atoms with Crippen molar-refractivity contribution in [3.63, 3.8) is 0 Å². The average molecular weight is 383 g/mol. The van der Waals surface area contributed by atoms with Crippen LogP contribution in [0.25, 0.3) is 0 Å². The van der Waals surface area contributed by atoms with Crippen LogP contribution in [0.2, 0.25) is 5.02 Å². The second-order valence-electron chi connectivity index (χ2n) is 6.26. The van der Waals surface area contributed by atoms with Gasteiger partial charge in [-0.05, 0) is 36.4 Å². The quantitative estimate of drug-likeness (QED) is 0.268. The highest BCUT2D eigenvalue weighted by molar-refractivity contribution is 6.33. The maximum absolute atomic E-state index is 6.43. The van der Waals surface area contributed by atoms with Crippen LogP contribution in [0.5, 0.6) is 0 Å². The Morgan fingerprint density at radius 3 is 1.57 bits per heavy atom. The zero-order chi connectivity index (χ0) is 19.2. The second-order valence-corrected chi connectivity index (χ2v) is 6.67. The molecule has 0 radical (unpaired) electrons. The Bertz CT molecular complexity index is 1020. The van der Waals surface area contributed by atoms with Gasteiger partial charge in [0.25, 0.3) is 0 Å². The van der Waals surface area contributed by atoms with E-state index >= 15 is 0 Å². The van der Waals surface area contributed by atoms with Crippen LogP contribution in [0.15, 0.2) is 120 Å². The summed E-state index contributed by atoms with van der Waals surface area (Å²) in [6.45, 7) is 0. The lowest BCUT2D eigenvalue weighted by molar-refractivity contribution is 1.31. The average Bonchev–Trinajstić information content (AvgIpc) is 2.77. The Morgan fingerprint density at radius 2 is 1.04 bits per heavy atom. The molecule has 0 saturated heterocycles. The van der Waals surface area contributed by atoms with E-state index in [1.54, 1.807) is 0 Å². The van der Waals surface area contributed by atoms with Crippen LogP contribution in [-0.2, 0) is 0 Å². The van der Waals surface area contributed by atoms with Crippen molar-refractivity contribution < 1.29 is 0 Å². The molecule has 0 amide bonds. The summed E-state index contributed by atoms with van der Waals surface area (Å²) in [5, 5.41) is 0.622. The highest BCUT2D eigenvalue weighted by Gasteiger charge is 2.18. The third-order valence-electron chi connectivity index (χ3n) is 4.35. The van der Waals surface area contributed by atoms with Gasteiger partial charge in [0.2, 0.25) is 0 Å². The van der Waals surface area contributed by atoms with Crippen molar-refractivity contribution in [1.82, 2.24) is 0 Å². The zero-order valence-electron chi connectivity index (χ0n) is 15.2. The molecule has 0 aliphatic heterocycles. The van der Waals surface area contributed by atoms with E-state index in [9.17, 15) is 0 Å². The summed E-state index contributed by atoms with van der Waals surface area (Å²) >= 11 is 6.43. The molecule has 0 atom stereocenters. The fraction of sp³-hybridized carbons (Fsp3) is 0. The zero-order valence-corrected chi connectivity index (χ0v) is 16.0. The summed E-state index contributed by atoms with van der Waals surface area (Å²) in [7, 11) is 0. The SMILES string of the molecule is Clc1ccccc1N=C(c1ccccc1)N(c1ccccc1)c1ccccc1. The van der Waals surface area contributed by atoms with E-state index in [1.165, 1.54) is 0 Å². The molecule has 3 heteroatoms. The van der Waals surface area contributed by atoms with E-state index in [2.05, 4.69) is 41.3 Å². The van der Waals surface area contributed by atoms with E-state index in [1.807, 2.05) is 78.9 Å². The third-order valence-corrected chi connectivity index (χ3v) is 4.67. The van der Waals surface area contributed by atoms with Gasteiger partial charge in [-0.2, -0.15) is 0 Å². The molecule has 4 rings (SSSR count). The van der Waals surface area contributed by atoms with Crippen molar-refractivity contribution >= 4 is 34.5 Å². The number of halogens is 1. The van der Waals surface area contributed by atoms with Gasteiger partial charge in [0, 0.05) is 16.9 Å². The van der Waals surface area contributed by atoms with Crippen LogP contribution in [0.4, 0.5) is 17.1 Å². The van der Waals surface area contributed by atoms with Crippen molar-refractivity contribution in [3.8, 4) is 0 Å². The molecule has 0 saturated carbocycles. The van der Waals surface area contributed by atoms with Crippen LogP contribution in [0.1, 0.15) is 5.56 Å². The molecule has 0 aliphatic rings. The first-order chi connectivity index (χ1) is 13.8. The Balaban J connectivity index is 1.96. The number of benzene rings is 4. The van der Waals surface area contributed by atoms with Gasteiger partial charge in [0.1, 0.15) is 5.84 Å². The van der Waals surface area contributed by atoms with Gasteiger partial charge in [-0.25, -0.2) is 4.99 Å². The molecule has 136 valence electrons. The summed E-state index contributed by atoms with van der Waals surface area (Å²) in [6.07, 6.45) is 0. The van der Waals surface area contributed by atoms with E-state index in [-0.39, 0.29) is 0 Å². The standard InChI is InChI=1S/C25H19ClN2/c26-23-18-10-11-19-24(23)27-25(20-12-4-1-5-13-20)28(21-14-6-2-7-15-21)22-16-8-3-9-17-22/h1-19H. The highest BCUT2D eigenvalue weighted by atomic mass is 35.5. The van der Waals surface area contributed by atoms with Crippen molar-refractivity contribution in [2.24, 2.45) is 4.99 Å². The minimum atomic E-state index is 0.622. The number of aliphatic imine (C=N–C) groups is 1. The minimum absolute atomic E-state index is 0.622. The summed E-state index contributed by atoms with van der Waals surface area (Å²) < 4.78 is 0. The number of hydrogen-bond acceptors (Lipinski definition) is 1. The second kappa shape index (κ2) is 8.55. The first-order valence-corrected chi connectivity index (χ1v) is 9.49. The molecule has 0 bridgehead atoms. The number of anilines is 2. The van der Waals surface area contributed by atoms with Crippen LogP contribution < -0.4 is 4.90 Å². The van der Waals surface area contributed by atoms with Crippen molar-refractivity contribution in [1.29, 1.82) is 0 Å². The lowest BCUT2D eigenvalue weighted by Crippen LogP contribution is -2.26. The molecule has 0 unspecified atom stereocenters. The normalized spacial score (nSPS) is 11.2. The van der Waals surface area contributed by atoms with E-state index in [4.69, 9.17) is 16.6 Å². The summed E-state index contributed by atoms with van der Waals surface area (Å²) in [5.41, 5.74) is 3.81. The number of rotatable bonds is 4. The Morgan fingerprint density at radius 1 is 0.571 bits per heavy atom.